The first-order valence-electron chi connectivity index (χ1n) is 6.36. The molecule has 5 nitrogen and oxygen atoms in total. The molecule has 2 heterocycles. The topological polar surface area (TPSA) is 70.7 Å². The molecule has 0 aliphatic heterocycles. The lowest BCUT2D eigenvalue weighted by Gasteiger charge is -2.05. The van der Waals surface area contributed by atoms with Crippen LogP contribution in [0.3, 0.4) is 0 Å². The Hall–Kier alpha value is -2.69. The third kappa shape index (κ3) is 2.51. The van der Waals surface area contributed by atoms with Crippen LogP contribution >= 0.6 is 0 Å². The number of amides is 1. The summed E-state index contributed by atoms with van der Waals surface area (Å²) in [5, 5.41) is 2.87. The van der Waals surface area contributed by atoms with Crippen molar-refractivity contribution < 1.29 is 4.79 Å². The molecule has 1 amide bonds. The molecule has 0 aliphatic rings. The van der Waals surface area contributed by atoms with Crippen molar-refractivity contribution in [3.05, 3.63) is 59.7 Å². The summed E-state index contributed by atoms with van der Waals surface area (Å²) >= 11 is 0. The zero-order chi connectivity index (χ0) is 13.9. The van der Waals surface area contributed by atoms with Crippen molar-refractivity contribution in [1.29, 1.82) is 0 Å². The summed E-state index contributed by atoms with van der Waals surface area (Å²) in [6.07, 6.45) is 3.20. The molecule has 0 fully saturated rings. The molecule has 0 spiro atoms. The van der Waals surface area contributed by atoms with E-state index >= 15 is 0 Å². The van der Waals surface area contributed by atoms with E-state index in [-0.39, 0.29) is 5.91 Å². The van der Waals surface area contributed by atoms with Gasteiger partial charge in [0.15, 0.2) is 0 Å². The van der Waals surface area contributed by atoms with E-state index in [9.17, 15) is 4.79 Å². The molecule has 0 aliphatic carbocycles. The van der Waals surface area contributed by atoms with Gasteiger partial charge in [-0.2, -0.15) is 0 Å². The van der Waals surface area contributed by atoms with Gasteiger partial charge in [0.2, 0.25) is 0 Å². The van der Waals surface area contributed by atoms with Gasteiger partial charge in [-0.3, -0.25) is 9.78 Å². The Kier molecular flexibility index (Phi) is 3.16. The van der Waals surface area contributed by atoms with Crippen LogP contribution in [-0.2, 0) is 6.54 Å². The third-order valence-electron chi connectivity index (χ3n) is 3.04. The van der Waals surface area contributed by atoms with Crippen LogP contribution in [-0.4, -0.2) is 20.9 Å². The molecule has 0 atom stereocenters. The number of benzene rings is 1. The average molecular weight is 266 g/mol. The number of aromatic amines is 1. The minimum atomic E-state index is -0.126. The van der Waals surface area contributed by atoms with Crippen LogP contribution in [0.25, 0.3) is 11.0 Å². The fourth-order valence-electron chi connectivity index (χ4n) is 2.08. The van der Waals surface area contributed by atoms with Crippen LogP contribution in [0.4, 0.5) is 0 Å². The standard InChI is InChI=1S/C15H14N4O/c1-10-18-13-5-4-11(7-14(13)19-10)8-17-15(20)12-3-2-6-16-9-12/h2-7,9H,8H2,1H3,(H,17,20)(H,18,19). The molecule has 3 aromatic rings. The van der Waals surface area contributed by atoms with E-state index in [0.717, 1.165) is 22.4 Å². The van der Waals surface area contributed by atoms with Gasteiger partial charge in [0.25, 0.3) is 5.91 Å². The van der Waals surface area contributed by atoms with Crippen LogP contribution in [0, 0.1) is 6.92 Å². The fraction of sp³-hybridized carbons (Fsp3) is 0.133. The number of carbonyl (C=O) groups is 1. The minimum Gasteiger partial charge on any atom is -0.348 e. The summed E-state index contributed by atoms with van der Waals surface area (Å²) in [4.78, 5) is 23.4. The highest BCUT2D eigenvalue weighted by molar-refractivity contribution is 5.93. The number of H-pyrrole nitrogens is 1. The number of carbonyl (C=O) groups excluding carboxylic acids is 1. The molecule has 0 saturated carbocycles. The van der Waals surface area contributed by atoms with E-state index in [4.69, 9.17) is 0 Å². The molecule has 2 N–H and O–H groups in total. The lowest BCUT2D eigenvalue weighted by atomic mass is 10.2. The molecule has 5 heteroatoms. The van der Waals surface area contributed by atoms with Crippen LogP contribution in [0.1, 0.15) is 21.7 Å². The van der Waals surface area contributed by atoms with Crippen molar-refractivity contribution in [3.8, 4) is 0 Å². The number of fused-ring (bicyclic) bond motifs is 1. The number of aromatic nitrogens is 3. The van der Waals surface area contributed by atoms with Gasteiger partial charge in [0.05, 0.1) is 16.6 Å². The Balaban J connectivity index is 1.72. The Bertz CT molecular complexity index is 749. The molecule has 0 bridgehead atoms. The van der Waals surface area contributed by atoms with Gasteiger partial charge in [0, 0.05) is 18.9 Å². The van der Waals surface area contributed by atoms with Crippen molar-refractivity contribution in [2.75, 3.05) is 0 Å². The lowest BCUT2D eigenvalue weighted by molar-refractivity contribution is 0.0950. The smallest absolute Gasteiger partial charge is 0.253 e. The molecule has 20 heavy (non-hydrogen) atoms. The van der Waals surface area contributed by atoms with E-state index in [1.807, 2.05) is 25.1 Å². The number of nitrogens with zero attached hydrogens (tertiary/aromatic N) is 2. The van der Waals surface area contributed by atoms with E-state index < -0.39 is 0 Å². The van der Waals surface area contributed by atoms with Crippen molar-refractivity contribution in [2.45, 2.75) is 13.5 Å². The second-order valence-electron chi connectivity index (χ2n) is 4.60. The maximum absolute atomic E-state index is 11.9. The first-order chi connectivity index (χ1) is 9.72. The molecule has 100 valence electrons. The van der Waals surface area contributed by atoms with E-state index in [0.29, 0.717) is 12.1 Å². The van der Waals surface area contributed by atoms with Gasteiger partial charge in [-0.1, -0.05) is 6.07 Å². The third-order valence-corrected chi connectivity index (χ3v) is 3.04. The van der Waals surface area contributed by atoms with Crippen LogP contribution in [0.2, 0.25) is 0 Å². The fourth-order valence-corrected chi connectivity index (χ4v) is 2.08. The van der Waals surface area contributed by atoms with Gasteiger partial charge in [-0.05, 0) is 36.8 Å². The first kappa shape index (κ1) is 12.3. The second kappa shape index (κ2) is 5.13. The summed E-state index contributed by atoms with van der Waals surface area (Å²) in [5.41, 5.74) is 3.50. The number of nitrogens with one attached hydrogen (secondary N) is 2. The maximum Gasteiger partial charge on any atom is 0.253 e. The number of imidazole rings is 1. The zero-order valence-corrected chi connectivity index (χ0v) is 11.1. The predicted molar refractivity (Wildman–Crippen MR) is 76.2 cm³/mol. The van der Waals surface area contributed by atoms with Gasteiger partial charge in [-0.25, -0.2) is 4.98 Å². The SMILES string of the molecule is Cc1nc2ccc(CNC(=O)c3cccnc3)cc2[nH]1. The summed E-state index contributed by atoms with van der Waals surface area (Å²) in [5.74, 6) is 0.760. The zero-order valence-electron chi connectivity index (χ0n) is 11.1. The van der Waals surface area contributed by atoms with Gasteiger partial charge >= 0.3 is 0 Å². The number of pyridine rings is 1. The Morgan fingerprint density at radius 1 is 1.35 bits per heavy atom. The highest BCUT2D eigenvalue weighted by Gasteiger charge is 2.05. The van der Waals surface area contributed by atoms with Crippen molar-refractivity contribution >= 4 is 16.9 Å². The molecular formula is C15H14N4O. The lowest BCUT2D eigenvalue weighted by Crippen LogP contribution is -2.22. The van der Waals surface area contributed by atoms with Crippen LogP contribution in [0.5, 0.6) is 0 Å². The van der Waals surface area contributed by atoms with Crippen molar-refractivity contribution in [2.24, 2.45) is 0 Å². The normalized spacial score (nSPS) is 10.7. The number of hydrogen-bond acceptors (Lipinski definition) is 3. The predicted octanol–water partition coefficient (Wildman–Crippen LogP) is 2.20. The molecular weight excluding hydrogens is 252 g/mol. The quantitative estimate of drug-likeness (QED) is 0.763. The largest absolute Gasteiger partial charge is 0.348 e. The summed E-state index contributed by atoms with van der Waals surface area (Å²) in [6, 6.07) is 9.40. The van der Waals surface area contributed by atoms with Gasteiger partial charge in [0.1, 0.15) is 5.82 Å². The summed E-state index contributed by atoms with van der Waals surface area (Å²) in [6.45, 7) is 2.39. The second-order valence-corrected chi connectivity index (χ2v) is 4.60. The van der Waals surface area contributed by atoms with Crippen LogP contribution in [0.15, 0.2) is 42.7 Å². The van der Waals surface area contributed by atoms with E-state index in [1.165, 1.54) is 0 Å². The number of aryl methyl sites for hydroxylation is 1. The Labute approximate surface area is 116 Å². The number of hydrogen-bond donors (Lipinski definition) is 2. The molecule has 1 aromatic carbocycles. The molecule has 0 unspecified atom stereocenters. The maximum atomic E-state index is 11.9. The Morgan fingerprint density at radius 2 is 2.25 bits per heavy atom. The molecule has 2 aromatic heterocycles. The Morgan fingerprint density at radius 3 is 3.05 bits per heavy atom. The first-order valence-corrected chi connectivity index (χ1v) is 6.36. The molecule has 0 saturated heterocycles. The van der Waals surface area contributed by atoms with E-state index in [1.54, 1.807) is 24.5 Å². The summed E-state index contributed by atoms with van der Waals surface area (Å²) in [7, 11) is 0. The van der Waals surface area contributed by atoms with Crippen molar-refractivity contribution in [1.82, 2.24) is 20.3 Å². The monoisotopic (exact) mass is 266 g/mol. The summed E-state index contributed by atoms with van der Waals surface area (Å²) < 4.78 is 0. The average Bonchev–Trinajstić information content (AvgIpc) is 2.85. The van der Waals surface area contributed by atoms with E-state index in [2.05, 4.69) is 20.3 Å². The van der Waals surface area contributed by atoms with Gasteiger partial charge < -0.3 is 10.3 Å². The highest BCUT2D eigenvalue weighted by atomic mass is 16.1. The van der Waals surface area contributed by atoms with Crippen LogP contribution < -0.4 is 5.32 Å². The molecule has 0 radical (unpaired) electrons. The minimum absolute atomic E-state index is 0.126. The molecule has 3 rings (SSSR count). The van der Waals surface area contributed by atoms with Crippen molar-refractivity contribution in [3.63, 3.8) is 0 Å². The highest BCUT2D eigenvalue weighted by Crippen LogP contribution is 2.13. The van der Waals surface area contributed by atoms with Gasteiger partial charge in [-0.15, -0.1) is 0 Å². The number of rotatable bonds is 3.